The summed E-state index contributed by atoms with van der Waals surface area (Å²) in [6.45, 7) is 1.10. The number of rotatable bonds is 7. The number of fused-ring (bicyclic) bond motifs is 1. The fourth-order valence-corrected chi connectivity index (χ4v) is 3.14. The van der Waals surface area contributed by atoms with Crippen molar-refractivity contribution in [2.24, 2.45) is 0 Å². The molecule has 1 saturated carbocycles. The highest BCUT2D eigenvalue weighted by atomic mass is 16.7. The van der Waals surface area contributed by atoms with Crippen LogP contribution >= 0.6 is 0 Å². The summed E-state index contributed by atoms with van der Waals surface area (Å²) >= 11 is 0. The molecule has 0 atom stereocenters. The van der Waals surface area contributed by atoms with E-state index in [0.717, 1.165) is 35.7 Å². The smallest absolute Gasteiger partial charge is 0.231 e. The molecule has 2 aliphatic rings. The van der Waals surface area contributed by atoms with Crippen LogP contribution in [0.25, 0.3) is 0 Å². The minimum Gasteiger partial charge on any atom is -0.497 e. The predicted octanol–water partition coefficient (Wildman–Crippen LogP) is 2.65. The number of carbonyl (C=O) groups excluding carboxylic acids is 1. The molecule has 0 radical (unpaired) electrons. The van der Waals surface area contributed by atoms with Crippen molar-refractivity contribution in [3.63, 3.8) is 0 Å². The Morgan fingerprint density at radius 1 is 1.08 bits per heavy atom. The molecule has 1 N–H and O–H groups in total. The average Bonchev–Trinajstić information content (AvgIpc) is 3.36. The number of hydrogen-bond acceptors (Lipinski definition) is 5. The molecule has 1 aliphatic heterocycles. The van der Waals surface area contributed by atoms with Crippen LogP contribution in [-0.2, 0) is 10.2 Å². The van der Waals surface area contributed by atoms with E-state index in [1.165, 1.54) is 0 Å². The zero-order valence-electron chi connectivity index (χ0n) is 14.6. The second kappa shape index (κ2) is 6.78. The van der Waals surface area contributed by atoms with Gasteiger partial charge in [0.25, 0.3) is 0 Å². The van der Waals surface area contributed by atoms with Crippen LogP contribution in [0, 0.1) is 0 Å². The molecule has 1 heterocycles. The summed E-state index contributed by atoms with van der Waals surface area (Å²) in [5.41, 5.74) is 0.538. The Bertz CT molecular complexity index is 798. The van der Waals surface area contributed by atoms with Crippen LogP contribution in [-0.4, -0.2) is 33.0 Å². The Kier molecular flexibility index (Phi) is 4.32. The van der Waals surface area contributed by atoms with E-state index >= 15 is 0 Å². The summed E-state index contributed by atoms with van der Waals surface area (Å²) in [5, 5.41) is 2.98. The van der Waals surface area contributed by atoms with E-state index in [9.17, 15) is 4.79 Å². The van der Waals surface area contributed by atoms with E-state index in [-0.39, 0.29) is 12.7 Å². The summed E-state index contributed by atoms with van der Waals surface area (Å²) in [6.07, 6.45) is 1.69. The average molecular weight is 355 g/mol. The van der Waals surface area contributed by atoms with Gasteiger partial charge in [-0.3, -0.25) is 4.79 Å². The van der Waals surface area contributed by atoms with Crippen molar-refractivity contribution in [3.05, 3.63) is 48.0 Å². The topological polar surface area (TPSA) is 66.0 Å². The molecule has 26 heavy (non-hydrogen) atoms. The van der Waals surface area contributed by atoms with E-state index in [1.54, 1.807) is 7.11 Å². The zero-order valence-corrected chi connectivity index (χ0v) is 14.6. The van der Waals surface area contributed by atoms with E-state index in [4.69, 9.17) is 18.9 Å². The van der Waals surface area contributed by atoms with Crippen molar-refractivity contribution in [1.82, 2.24) is 5.32 Å². The van der Waals surface area contributed by atoms with Crippen LogP contribution in [0.15, 0.2) is 42.5 Å². The maximum atomic E-state index is 12.7. The summed E-state index contributed by atoms with van der Waals surface area (Å²) in [6, 6.07) is 13.1. The maximum Gasteiger partial charge on any atom is 0.231 e. The molecule has 1 fully saturated rings. The van der Waals surface area contributed by atoms with E-state index in [0.29, 0.717) is 18.9 Å². The van der Waals surface area contributed by atoms with Crippen molar-refractivity contribution in [2.75, 3.05) is 27.1 Å². The summed E-state index contributed by atoms with van der Waals surface area (Å²) < 4.78 is 21.5. The number of benzene rings is 2. The lowest BCUT2D eigenvalue weighted by atomic mass is 9.94. The third-order valence-electron chi connectivity index (χ3n) is 4.83. The van der Waals surface area contributed by atoms with E-state index in [2.05, 4.69) is 5.32 Å². The van der Waals surface area contributed by atoms with Gasteiger partial charge in [-0.15, -0.1) is 0 Å². The Morgan fingerprint density at radius 3 is 2.54 bits per heavy atom. The van der Waals surface area contributed by atoms with Crippen LogP contribution in [0.2, 0.25) is 0 Å². The van der Waals surface area contributed by atoms with Gasteiger partial charge in [0, 0.05) is 0 Å². The lowest BCUT2D eigenvalue weighted by Gasteiger charge is -2.16. The van der Waals surface area contributed by atoms with Gasteiger partial charge in [0.1, 0.15) is 18.1 Å². The Hall–Kier alpha value is -2.89. The molecule has 136 valence electrons. The van der Waals surface area contributed by atoms with Crippen LogP contribution in [0.3, 0.4) is 0 Å². The first kappa shape index (κ1) is 16.6. The predicted molar refractivity (Wildman–Crippen MR) is 95.0 cm³/mol. The van der Waals surface area contributed by atoms with E-state index < -0.39 is 5.41 Å². The first-order valence-electron chi connectivity index (χ1n) is 8.66. The van der Waals surface area contributed by atoms with Crippen molar-refractivity contribution in [3.8, 4) is 23.0 Å². The van der Waals surface area contributed by atoms with Gasteiger partial charge in [-0.1, -0.05) is 6.07 Å². The second-order valence-electron chi connectivity index (χ2n) is 6.43. The number of methoxy groups -OCH3 is 1. The minimum absolute atomic E-state index is 0.0368. The fraction of sp³-hybridized carbons (Fsp3) is 0.350. The lowest BCUT2D eigenvalue weighted by Crippen LogP contribution is -2.37. The molecular weight excluding hydrogens is 334 g/mol. The van der Waals surface area contributed by atoms with Crippen LogP contribution in [0.5, 0.6) is 23.0 Å². The summed E-state index contributed by atoms with van der Waals surface area (Å²) in [4.78, 5) is 12.7. The molecule has 0 bridgehead atoms. The molecule has 2 aromatic carbocycles. The second-order valence-corrected chi connectivity index (χ2v) is 6.43. The molecule has 6 heteroatoms. The fourth-order valence-electron chi connectivity index (χ4n) is 3.14. The molecule has 2 aromatic rings. The molecule has 0 spiro atoms. The molecule has 1 amide bonds. The number of amides is 1. The summed E-state index contributed by atoms with van der Waals surface area (Å²) in [5.74, 6) is 3.01. The number of carbonyl (C=O) groups is 1. The van der Waals surface area contributed by atoms with Crippen molar-refractivity contribution >= 4 is 5.91 Å². The van der Waals surface area contributed by atoms with Gasteiger partial charge in [-0.2, -0.15) is 0 Å². The monoisotopic (exact) mass is 355 g/mol. The Morgan fingerprint density at radius 2 is 1.81 bits per heavy atom. The van der Waals surface area contributed by atoms with Crippen LogP contribution in [0.1, 0.15) is 18.4 Å². The minimum atomic E-state index is -0.443. The van der Waals surface area contributed by atoms with Crippen LogP contribution in [0.4, 0.5) is 0 Å². The summed E-state index contributed by atoms with van der Waals surface area (Å²) in [7, 11) is 1.62. The van der Waals surface area contributed by atoms with Crippen molar-refractivity contribution < 1.29 is 23.7 Å². The maximum absolute atomic E-state index is 12.7. The molecule has 1 aliphatic carbocycles. The number of nitrogens with one attached hydrogen (secondary N) is 1. The molecule has 0 unspecified atom stereocenters. The third kappa shape index (κ3) is 3.14. The molecular formula is C20H21NO5. The zero-order chi connectivity index (χ0) is 18.0. The van der Waals surface area contributed by atoms with Gasteiger partial charge in [-0.25, -0.2) is 0 Å². The highest BCUT2D eigenvalue weighted by Crippen LogP contribution is 2.50. The molecule has 6 nitrogen and oxygen atoms in total. The number of ether oxygens (including phenoxy) is 4. The SMILES string of the molecule is COc1ccc(OCCNC(=O)C2(c3ccc4c(c3)OCO4)CC2)cc1. The van der Waals surface area contributed by atoms with Gasteiger partial charge in [-0.05, 0) is 54.8 Å². The van der Waals surface area contributed by atoms with Gasteiger partial charge >= 0.3 is 0 Å². The van der Waals surface area contributed by atoms with Gasteiger partial charge in [0.05, 0.1) is 19.1 Å². The quantitative estimate of drug-likeness (QED) is 0.774. The van der Waals surface area contributed by atoms with E-state index in [1.807, 2.05) is 42.5 Å². The number of hydrogen-bond donors (Lipinski definition) is 1. The standard InChI is InChI=1S/C20H21NO5/c1-23-15-3-5-16(6-4-15)24-11-10-21-19(22)20(8-9-20)14-2-7-17-18(12-14)26-13-25-17/h2-7,12H,8-11,13H2,1H3,(H,21,22). The highest BCUT2D eigenvalue weighted by Gasteiger charge is 2.51. The van der Waals surface area contributed by atoms with Crippen molar-refractivity contribution in [1.29, 1.82) is 0 Å². The van der Waals surface area contributed by atoms with Crippen molar-refractivity contribution in [2.45, 2.75) is 18.3 Å². The van der Waals surface area contributed by atoms with Crippen LogP contribution < -0.4 is 24.3 Å². The van der Waals surface area contributed by atoms with Gasteiger partial charge in [0.15, 0.2) is 11.5 Å². The highest BCUT2D eigenvalue weighted by molar-refractivity contribution is 5.91. The Labute approximate surface area is 152 Å². The Balaban J connectivity index is 1.30. The third-order valence-corrected chi connectivity index (χ3v) is 4.83. The molecule has 0 saturated heterocycles. The first-order chi connectivity index (χ1) is 12.7. The van der Waals surface area contributed by atoms with Gasteiger partial charge < -0.3 is 24.3 Å². The van der Waals surface area contributed by atoms with Gasteiger partial charge in [0.2, 0.25) is 12.7 Å². The first-order valence-corrected chi connectivity index (χ1v) is 8.66. The normalized spacial score (nSPS) is 16.0. The molecule has 4 rings (SSSR count). The molecule has 0 aromatic heterocycles. The lowest BCUT2D eigenvalue weighted by molar-refractivity contribution is -0.123. The largest absolute Gasteiger partial charge is 0.497 e.